The molecule has 2 aliphatic heterocycles. The van der Waals surface area contributed by atoms with Crippen LogP contribution in [-0.2, 0) is 4.74 Å². The van der Waals surface area contributed by atoms with E-state index in [0.29, 0.717) is 5.92 Å². The Kier molecular flexibility index (Phi) is 1.67. The third-order valence-electron chi connectivity index (χ3n) is 2.95. The molecule has 1 unspecified atom stereocenters. The van der Waals surface area contributed by atoms with Gasteiger partial charge in [0.1, 0.15) is 0 Å². The molecule has 0 aromatic rings. The van der Waals surface area contributed by atoms with Gasteiger partial charge in [-0.2, -0.15) is 0 Å². The van der Waals surface area contributed by atoms with Gasteiger partial charge in [-0.15, -0.1) is 0 Å². The number of nitrogens with two attached hydrogens (primary N) is 1. The molecule has 2 rings (SSSR count). The van der Waals surface area contributed by atoms with Crippen molar-refractivity contribution in [2.24, 2.45) is 11.7 Å². The van der Waals surface area contributed by atoms with E-state index in [-0.39, 0.29) is 5.54 Å². The van der Waals surface area contributed by atoms with Gasteiger partial charge in [0.05, 0.1) is 18.8 Å². The van der Waals surface area contributed by atoms with Gasteiger partial charge in [-0.25, -0.2) is 0 Å². The van der Waals surface area contributed by atoms with Crippen molar-refractivity contribution in [3.05, 3.63) is 0 Å². The van der Waals surface area contributed by atoms with E-state index in [1.165, 1.54) is 13.0 Å². The summed E-state index contributed by atoms with van der Waals surface area (Å²) in [6, 6.07) is 0. The predicted molar refractivity (Wildman–Crippen MR) is 43.3 cm³/mol. The predicted octanol–water partition coefficient (Wildman–Crippen LogP) is -0.334. The molecule has 0 aliphatic carbocycles. The molecule has 0 saturated carbocycles. The van der Waals surface area contributed by atoms with E-state index < -0.39 is 0 Å². The Morgan fingerprint density at radius 2 is 2.27 bits per heavy atom. The zero-order chi connectivity index (χ0) is 7.90. The molecule has 0 radical (unpaired) electrons. The summed E-state index contributed by atoms with van der Waals surface area (Å²) in [6.45, 7) is 3.89. The fourth-order valence-electron chi connectivity index (χ4n) is 1.98. The first-order valence-electron chi connectivity index (χ1n) is 4.26. The maximum Gasteiger partial charge on any atom is 0.0673 e. The van der Waals surface area contributed by atoms with Crippen molar-refractivity contribution in [1.82, 2.24) is 4.90 Å². The Balaban J connectivity index is 1.95. The molecule has 2 N–H and O–H groups in total. The van der Waals surface area contributed by atoms with Crippen molar-refractivity contribution in [3.63, 3.8) is 0 Å². The SMILES string of the molecule is CN1CCC(C2(N)COC2)C1. The third kappa shape index (κ3) is 1.17. The zero-order valence-electron chi connectivity index (χ0n) is 7.05. The molecule has 3 heteroatoms. The first-order chi connectivity index (χ1) is 5.21. The van der Waals surface area contributed by atoms with E-state index in [1.807, 2.05) is 0 Å². The molecule has 0 aromatic carbocycles. The van der Waals surface area contributed by atoms with Crippen molar-refractivity contribution in [3.8, 4) is 0 Å². The van der Waals surface area contributed by atoms with Crippen LogP contribution in [0.1, 0.15) is 6.42 Å². The van der Waals surface area contributed by atoms with Gasteiger partial charge < -0.3 is 15.4 Å². The molecular weight excluding hydrogens is 140 g/mol. The van der Waals surface area contributed by atoms with E-state index in [4.69, 9.17) is 10.5 Å². The smallest absolute Gasteiger partial charge is 0.0673 e. The third-order valence-corrected chi connectivity index (χ3v) is 2.95. The fraction of sp³-hybridized carbons (Fsp3) is 1.00. The van der Waals surface area contributed by atoms with Gasteiger partial charge in [-0.1, -0.05) is 0 Å². The Bertz CT molecular complexity index is 156. The lowest BCUT2D eigenvalue weighted by molar-refractivity contribution is -0.0804. The van der Waals surface area contributed by atoms with Crippen LogP contribution in [0.15, 0.2) is 0 Å². The van der Waals surface area contributed by atoms with Crippen LogP contribution in [-0.4, -0.2) is 43.8 Å². The van der Waals surface area contributed by atoms with E-state index in [1.54, 1.807) is 0 Å². The van der Waals surface area contributed by atoms with Crippen LogP contribution in [0.4, 0.5) is 0 Å². The summed E-state index contributed by atoms with van der Waals surface area (Å²) >= 11 is 0. The van der Waals surface area contributed by atoms with Crippen LogP contribution < -0.4 is 5.73 Å². The highest BCUT2D eigenvalue weighted by molar-refractivity contribution is 5.00. The Labute approximate surface area is 67.5 Å². The lowest BCUT2D eigenvalue weighted by Crippen LogP contribution is -2.62. The molecule has 1 atom stereocenters. The standard InChI is InChI=1S/C8H16N2O/c1-10-3-2-7(4-10)8(9)5-11-6-8/h7H,2-6,9H2,1H3. The Hall–Kier alpha value is -0.120. The van der Waals surface area contributed by atoms with Crippen molar-refractivity contribution >= 4 is 0 Å². The summed E-state index contributed by atoms with van der Waals surface area (Å²) in [6.07, 6.45) is 1.25. The second kappa shape index (κ2) is 2.44. The first-order valence-corrected chi connectivity index (χ1v) is 4.26. The summed E-state index contributed by atoms with van der Waals surface area (Å²) in [5, 5.41) is 0. The first kappa shape index (κ1) is 7.53. The lowest BCUT2D eigenvalue weighted by Gasteiger charge is -2.42. The molecule has 64 valence electrons. The van der Waals surface area contributed by atoms with Gasteiger partial charge >= 0.3 is 0 Å². The summed E-state index contributed by atoms with van der Waals surface area (Å²) in [4.78, 5) is 2.34. The monoisotopic (exact) mass is 156 g/mol. The van der Waals surface area contributed by atoms with E-state index in [0.717, 1.165) is 19.8 Å². The summed E-state index contributed by atoms with van der Waals surface area (Å²) < 4.78 is 5.14. The highest BCUT2D eigenvalue weighted by Crippen LogP contribution is 2.30. The highest BCUT2D eigenvalue weighted by atomic mass is 16.5. The highest BCUT2D eigenvalue weighted by Gasteiger charge is 2.44. The zero-order valence-corrected chi connectivity index (χ0v) is 7.05. The van der Waals surface area contributed by atoms with Crippen LogP contribution in [0, 0.1) is 5.92 Å². The largest absolute Gasteiger partial charge is 0.377 e. The number of rotatable bonds is 1. The molecule has 3 nitrogen and oxygen atoms in total. The maximum absolute atomic E-state index is 6.12. The van der Waals surface area contributed by atoms with Crippen LogP contribution in [0.25, 0.3) is 0 Å². The minimum absolute atomic E-state index is 0.0186. The molecule has 0 spiro atoms. The number of hydrogen-bond donors (Lipinski definition) is 1. The van der Waals surface area contributed by atoms with Crippen molar-refractivity contribution < 1.29 is 4.74 Å². The van der Waals surface area contributed by atoms with Crippen molar-refractivity contribution in [1.29, 1.82) is 0 Å². The van der Waals surface area contributed by atoms with Crippen molar-refractivity contribution in [2.75, 3.05) is 33.4 Å². The minimum Gasteiger partial charge on any atom is -0.377 e. The van der Waals surface area contributed by atoms with Crippen molar-refractivity contribution in [2.45, 2.75) is 12.0 Å². The summed E-state index contributed by atoms with van der Waals surface area (Å²) in [5.41, 5.74) is 6.14. The molecule has 2 aliphatic rings. The Morgan fingerprint density at radius 1 is 1.55 bits per heavy atom. The van der Waals surface area contributed by atoms with Crippen LogP contribution in [0.5, 0.6) is 0 Å². The topological polar surface area (TPSA) is 38.5 Å². The second-order valence-electron chi connectivity index (χ2n) is 3.97. The van der Waals surface area contributed by atoms with Gasteiger partial charge in [0.25, 0.3) is 0 Å². The normalized spacial score (nSPS) is 37.1. The molecule has 0 aromatic heterocycles. The van der Waals surface area contributed by atoms with Gasteiger partial charge in [0.15, 0.2) is 0 Å². The van der Waals surface area contributed by atoms with Gasteiger partial charge in [0, 0.05) is 6.54 Å². The minimum atomic E-state index is 0.0186. The number of nitrogens with zero attached hydrogens (tertiary/aromatic N) is 1. The van der Waals surface area contributed by atoms with Gasteiger partial charge in [-0.05, 0) is 25.9 Å². The summed E-state index contributed by atoms with van der Waals surface area (Å²) in [5.74, 6) is 0.668. The van der Waals surface area contributed by atoms with Crippen LogP contribution in [0.2, 0.25) is 0 Å². The fourth-order valence-corrected chi connectivity index (χ4v) is 1.98. The van der Waals surface area contributed by atoms with E-state index in [2.05, 4.69) is 11.9 Å². The number of ether oxygens (including phenoxy) is 1. The maximum atomic E-state index is 6.12. The van der Waals surface area contributed by atoms with E-state index in [9.17, 15) is 0 Å². The molecule has 2 saturated heterocycles. The van der Waals surface area contributed by atoms with E-state index >= 15 is 0 Å². The Morgan fingerprint density at radius 3 is 2.64 bits per heavy atom. The molecule has 0 amide bonds. The second-order valence-corrected chi connectivity index (χ2v) is 3.97. The van der Waals surface area contributed by atoms with Crippen LogP contribution >= 0.6 is 0 Å². The average Bonchev–Trinajstić information content (AvgIpc) is 2.31. The molecule has 0 bridgehead atoms. The molecule has 11 heavy (non-hydrogen) atoms. The number of hydrogen-bond acceptors (Lipinski definition) is 3. The van der Waals surface area contributed by atoms with Gasteiger partial charge in [-0.3, -0.25) is 0 Å². The molecular formula is C8H16N2O. The van der Waals surface area contributed by atoms with Crippen LogP contribution in [0.3, 0.4) is 0 Å². The molecule has 2 fully saturated rings. The van der Waals surface area contributed by atoms with Gasteiger partial charge in [0.2, 0.25) is 0 Å². The summed E-state index contributed by atoms with van der Waals surface area (Å²) in [7, 11) is 2.16. The quantitative estimate of drug-likeness (QED) is 0.565. The number of likely N-dealkylation sites (tertiary alicyclic amines) is 1. The average molecular weight is 156 g/mol. The molecule has 2 heterocycles. The lowest BCUT2D eigenvalue weighted by atomic mass is 9.82.